The van der Waals surface area contributed by atoms with Crippen LogP contribution in [-0.2, 0) is 0 Å². The molecule has 0 bridgehead atoms. The maximum absolute atomic E-state index is 14.2. The van der Waals surface area contributed by atoms with Gasteiger partial charge in [0.2, 0.25) is 0 Å². The smallest absolute Gasteiger partial charge is 0.404 e. The van der Waals surface area contributed by atoms with Crippen LogP contribution in [0.1, 0.15) is 24.1 Å². The van der Waals surface area contributed by atoms with Gasteiger partial charge in [0.1, 0.15) is 11.2 Å². The number of hydrogen-bond acceptors (Lipinski definition) is 4. The van der Waals surface area contributed by atoms with Crippen molar-refractivity contribution >= 4 is 23.5 Å². The number of carbonyl (C=O) groups is 1. The van der Waals surface area contributed by atoms with Crippen molar-refractivity contribution in [2.45, 2.75) is 19.0 Å². The van der Waals surface area contributed by atoms with Crippen molar-refractivity contribution in [1.29, 1.82) is 5.26 Å². The molecule has 3 N–H and O–H groups in total. The first-order valence-corrected chi connectivity index (χ1v) is 7.57. The molecule has 136 valence electrons. The summed E-state index contributed by atoms with van der Waals surface area (Å²) >= 11 is 5.78. The molecule has 1 amide bonds. The second-order valence-electron chi connectivity index (χ2n) is 5.30. The summed E-state index contributed by atoms with van der Waals surface area (Å²) in [6.07, 6.45) is -1.36. The molecule has 0 saturated carbocycles. The molecular formula is C16H12ClF3N4O2. The van der Waals surface area contributed by atoms with Gasteiger partial charge in [-0.25, -0.2) is 22.9 Å². The topological polar surface area (TPSA) is 98.0 Å². The fourth-order valence-electron chi connectivity index (χ4n) is 2.27. The molecule has 0 aliphatic carbocycles. The van der Waals surface area contributed by atoms with Crippen molar-refractivity contribution in [2.24, 2.45) is 0 Å². The van der Waals surface area contributed by atoms with Gasteiger partial charge in [-0.3, -0.25) is 0 Å². The van der Waals surface area contributed by atoms with Gasteiger partial charge in [-0.05, 0) is 30.7 Å². The molecule has 0 aliphatic rings. The van der Waals surface area contributed by atoms with Gasteiger partial charge in [0, 0.05) is 0 Å². The predicted molar refractivity (Wildman–Crippen MR) is 87.3 cm³/mol. The second kappa shape index (κ2) is 7.93. The van der Waals surface area contributed by atoms with E-state index >= 15 is 0 Å². The zero-order valence-corrected chi connectivity index (χ0v) is 14.0. The van der Waals surface area contributed by atoms with E-state index in [1.165, 1.54) is 13.0 Å². The Bertz CT molecular complexity index is 889. The number of nitrogens with one attached hydrogen (secondary N) is 2. The summed E-state index contributed by atoms with van der Waals surface area (Å²) in [6, 6.07) is 3.58. The number of carboxylic acid groups (broad SMARTS) is 1. The second-order valence-corrected chi connectivity index (χ2v) is 5.66. The number of nitrogens with zero attached hydrogens (tertiary/aromatic N) is 2. The molecule has 0 fully saturated rings. The lowest BCUT2D eigenvalue weighted by atomic mass is 10.00. The van der Waals surface area contributed by atoms with Crippen molar-refractivity contribution in [2.75, 3.05) is 5.32 Å². The van der Waals surface area contributed by atoms with E-state index in [0.717, 1.165) is 18.2 Å². The van der Waals surface area contributed by atoms with E-state index in [0.29, 0.717) is 0 Å². The van der Waals surface area contributed by atoms with Crippen LogP contribution in [0.2, 0.25) is 5.15 Å². The van der Waals surface area contributed by atoms with Gasteiger partial charge < -0.3 is 15.7 Å². The highest BCUT2D eigenvalue weighted by molar-refractivity contribution is 6.30. The van der Waals surface area contributed by atoms with Crippen LogP contribution < -0.4 is 10.6 Å². The summed E-state index contributed by atoms with van der Waals surface area (Å²) in [7, 11) is 0. The minimum Gasteiger partial charge on any atom is -0.465 e. The third-order valence-corrected chi connectivity index (χ3v) is 3.78. The quantitative estimate of drug-likeness (QED) is 0.680. The van der Waals surface area contributed by atoms with E-state index < -0.39 is 35.6 Å². The molecule has 1 heterocycles. The largest absolute Gasteiger partial charge is 0.465 e. The Hall–Kier alpha value is -2.99. The van der Waals surface area contributed by atoms with Crippen LogP contribution in [0, 0.1) is 28.8 Å². The zero-order valence-electron chi connectivity index (χ0n) is 13.2. The molecule has 0 unspecified atom stereocenters. The summed E-state index contributed by atoms with van der Waals surface area (Å²) < 4.78 is 40.9. The number of amides is 1. The minimum atomic E-state index is -1.36. The standard InChI is InChI=1S/C16H12ClF3N4O2/c1-7(22-16(25)26)13(8-2-3-10(18)11(19)4-8)23-15-12(20)5-9(6-21)14(17)24-15/h2-5,7,13,22H,1H3,(H,23,24)(H,25,26)/t7-,13-/m0/s1. The molecule has 1 aromatic heterocycles. The van der Waals surface area contributed by atoms with E-state index in [1.54, 1.807) is 6.07 Å². The lowest BCUT2D eigenvalue weighted by Gasteiger charge is -2.26. The van der Waals surface area contributed by atoms with Gasteiger partial charge in [0.05, 0.1) is 17.6 Å². The molecular weight excluding hydrogens is 373 g/mol. The average Bonchev–Trinajstić information content (AvgIpc) is 2.57. The number of benzene rings is 1. The van der Waals surface area contributed by atoms with Crippen molar-refractivity contribution in [3.63, 3.8) is 0 Å². The summed E-state index contributed by atoms with van der Waals surface area (Å²) in [5.74, 6) is -3.52. The van der Waals surface area contributed by atoms with E-state index in [9.17, 15) is 18.0 Å². The first-order chi connectivity index (χ1) is 12.2. The molecule has 2 rings (SSSR count). The Morgan fingerprint density at radius 1 is 1.27 bits per heavy atom. The van der Waals surface area contributed by atoms with Gasteiger partial charge in [-0.1, -0.05) is 17.7 Å². The molecule has 10 heteroatoms. The lowest BCUT2D eigenvalue weighted by Crippen LogP contribution is -2.39. The van der Waals surface area contributed by atoms with Crippen LogP contribution in [0.25, 0.3) is 0 Å². The number of anilines is 1. The van der Waals surface area contributed by atoms with Crippen LogP contribution in [0.15, 0.2) is 24.3 Å². The van der Waals surface area contributed by atoms with E-state index in [2.05, 4.69) is 15.6 Å². The van der Waals surface area contributed by atoms with Crippen LogP contribution in [0.3, 0.4) is 0 Å². The fraction of sp³-hybridized carbons (Fsp3) is 0.188. The third-order valence-electron chi connectivity index (χ3n) is 3.50. The molecule has 0 saturated heterocycles. The molecule has 0 spiro atoms. The summed E-state index contributed by atoms with van der Waals surface area (Å²) in [5, 5.41) is 22.2. The Labute approximate surface area is 151 Å². The Balaban J connectivity index is 2.44. The maximum atomic E-state index is 14.2. The number of halogens is 4. The number of nitriles is 1. The first kappa shape index (κ1) is 19.3. The average molecular weight is 385 g/mol. The van der Waals surface area contributed by atoms with Crippen molar-refractivity contribution < 1.29 is 23.1 Å². The molecule has 26 heavy (non-hydrogen) atoms. The maximum Gasteiger partial charge on any atom is 0.404 e. The highest BCUT2D eigenvalue weighted by atomic mass is 35.5. The number of rotatable bonds is 5. The van der Waals surface area contributed by atoms with Crippen molar-refractivity contribution in [3.8, 4) is 6.07 Å². The number of aromatic nitrogens is 1. The summed E-state index contributed by atoms with van der Waals surface area (Å²) in [5.41, 5.74) is -0.0392. The Morgan fingerprint density at radius 3 is 2.54 bits per heavy atom. The Morgan fingerprint density at radius 2 is 1.96 bits per heavy atom. The fourth-order valence-corrected chi connectivity index (χ4v) is 2.46. The molecule has 2 atom stereocenters. The van der Waals surface area contributed by atoms with E-state index in [1.807, 2.05) is 0 Å². The van der Waals surface area contributed by atoms with Crippen LogP contribution in [-0.4, -0.2) is 22.2 Å². The summed E-state index contributed by atoms with van der Waals surface area (Å²) in [4.78, 5) is 14.6. The van der Waals surface area contributed by atoms with Gasteiger partial charge in [0.25, 0.3) is 0 Å². The molecule has 6 nitrogen and oxygen atoms in total. The van der Waals surface area contributed by atoms with Crippen LogP contribution in [0.5, 0.6) is 0 Å². The molecule has 2 aromatic rings. The zero-order chi connectivity index (χ0) is 19.4. The predicted octanol–water partition coefficient (Wildman–Crippen LogP) is 3.83. The minimum absolute atomic E-state index is 0.145. The SMILES string of the molecule is C[C@H](NC(=O)O)[C@H](Nc1nc(Cl)c(C#N)cc1F)c1ccc(F)c(F)c1. The van der Waals surface area contributed by atoms with E-state index in [4.69, 9.17) is 22.0 Å². The molecule has 0 aliphatic heterocycles. The lowest BCUT2D eigenvalue weighted by molar-refractivity contribution is 0.189. The van der Waals surface area contributed by atoms with Gasteiger partial charge in [-0.2, -0.15) is 5.26 Å². The van der Waals surface area contributed by atoms with Crippen LogP contribution >= 0.6 is 11.6 Å². The molecule has 0 radical (unpaired) electrons. The monoisotopic (exact) mass is 384 g/mol. The number of pyridine rings is 1. The number of hydrogen-bond donors (Lipinski definition) is 3. The normalized spacial score (nSPS) is 12.8. The van der Waals surface area contributed by atoms with Crippen LogP contribution in [0.4, 0.5) is 23.8 Å². The molecule has 1 aromatic carbocycles. The van der Waals surface area contributed by atoms with Gasteiger partial charge in [-0.15, -0.1) is 0 Å². The van der Waals surface area contributed by atoms with Crippen molar-refractivity contribution in [1.82, 2.24) is 10.3 Å². The Kier molecular flexibility index (Phi) is 5.90. The summed E-state index contributed by atoms with van der Waals surface area (Å²) in [6.45, 7) is 1.44. The highest BCUT2D eigenvalue weighted by Crippen LogP contribution is 2.27. The third kappa shape index (κ3) is 4.34. The van der Waals surface area contributed by atoms with Gasteiger partial charge in [0.15, 0.2) is 23.3 Å². The highest BCUT2D eigenvalue weighted by Gasteiger charge is 2.24. The van der Waals surface area contributed by atoms with Crippen molar-refractivity contribution in [3.05, 3.63) is 58.0 Å². The first-order valence-electron chi connectivity index (χ1n) is 7.20. The van der Waals surface area contributed by atoms with E-state index in [-0.39, 0.29) is 22.1 Å². The van der Waals surface area contributed by atoms with Gasteiger partial charge >= 0.3 is 6.09 Å².